The van der Waals surface area contributed by atoms with Gasteiger partial charge < -0.3 is 9.80 Å². The van der Waals surface area contributed by atoms with Crippen molar-refractivity contribution in [1.82, 2.24) is 4.90 Å². The fourth-order valence-electron chi connectivity index (χ4n) is 4.73. The van der Waals surface area contributed by atoms with Crippen molar-refractivity contribution in [1.29, 1.82) is 0 Å². The molecule has 212 valence electrons. The third-order valence-electron chi connectivity index (χ3n) is 6.84. The summed E-state index contributed by atoms with van der Waals surface area (Å²) < 4.78 is 160. The van der Waals surface area contributed by atoms with Crippen molar-refractivity contribution in [2.24, 2.45) is 5.41 Å². The van der Waals surface area contributed by atoms with Crippen molar-refractivity contribution in [2.45, 2.75) is 37.0 Å². The van der Waals surface area contributed by atoms with Gasteiger partial charge in [0.1, 0.15) is 11.1 Å². The highest BCUT2D eigenvalue weighted by Gasteiger charge is 2.76. The van der Waals surface area contributed by atoms with Crippen molar-refractivity contribution in [2.75, 3.05) is 31.1 Å². The van der Waals surface area contributed by atoms with Crippen LogP contribution in [0.1, 0.15) is 34.6 Å². The first kappa shape index (κ1) is 28.7. The van der Waals surface area contributed by atoms with Gasteiger partial charge in [0.05, 0.1) is 11.3 Å². The van der Waals surface area contributed by atoms with E-state index in [-0.39, 0.29) is 11.6 Å². The normalized spacial score (nSPS) is 22.5. The largest absolute Gasteiger partial charge is 0.426 e. The van der Waals surface area contributed by atoms with Crippen molar-refractivity contribution >= 4 is 11.6 Å². The Balaban J connectivity index is 1.55. The van der Waals surface area contributed by atoms with Gasteiger partial charge >= 0.3 is 24.7 Å². The Morgan fingerprint density at radius 3 is 1.79 bits per heavy atom. The number of anilines is 1. The molecule has 39 heavy (non-hydrogen) atoms. The number of alkyl halides is 12. The van der Waals surface area contributed by atoms with Crippen LogP contribution in [0.15, 0.2) is 30.3 Å². The molecule has 2 aliphatic rings. The van der Waals surface area contributed by atoms with Crippen LogP contribution in [-0.4, -0.2) is 43.2 Å². The number of carbonyl (C=O) groups excluding carboxylic acids is 1. The number of benzene rings is 1. The Morgan fingerprint density at radius 2 is 1.33 bits per heavy atom. The van der Waals surface area contributed by atoms with Gasteiger partial charge in [0.25, 0.3) is 0 Å². The van der Waals surface area contributed by atoms with Gasteiger partial charge in [0, 0.05) is 32.1 Å². The highest BCUT2D eigenvalue weighted by molar-refractivity contribution is 5.89. The summed E-state index contributed by atoms with van der Waals surface area (Å²) in [6, 6.07) is 6.00. The molecule has 3 nitrogen and oxygen atoms in total. The standard InChI is InChI=1S/C24H16F12N2O/c25-21(26,27)14-3-1-13(2-4-14)17-12-20(17,24(34,35)36)19(39)38-9-7-37(8-10-38)18-11-15(22(28,29)30)5-6-16(18)23(31,32)33/h1-4,11,17H,7-10,12H2/t17-,20-/m0/s1. The third kappa shape index (κ3) is 5.29. The summed E-state index contributed by atoms with van der Waals surface area (Å²) in [7, 11) is 0. The van der Waals surface area contributed by atoms with E-state index in [4.69, 9.17) is 0 Å². The number of carbonyl (C=O) groups is 1. The Bertz CT molecular complexity index is 1220. The van der Waals surface area contributed by atoms with Crippen LogP contribution in [0, 0.1) is 17.5 Å². The van der Waals surface area contributed by atoms with Crippen molar-refractivity contribution in [3.05, 3.63) is 64.7 Å². The number of hydrogen-bond donors (Lipinski definition) is 0. The molecule has 0 bridgehead atoms. The summed E-state index contributed by atoms with van der Waals surface area (Å²) >= 11 is 0. The summed E-state index contributed by atoms with van der Waals surface area (Å²) in [4.78, 5) is 14.7. The fourth-order valence-corrected chi connectivity index (χ4v) is 4.73. The van der Waals surface area contributed by atoms with Gasteiger partial charge in [-0.25, -0.2) is 0 Å². The van der Waals surface area contributed by atoms with Gasteiger partial charge in [0.2, 0.25) is 5.91 Å². The second-order valence-electron chi connectivity index (χ2n) is 9.19. The first-order valence-corrected chi connectivity index (χ1v) is 11.2. The molecule has 0 aromatic heterocycles. The molecule has 1 amide bonds. The highest BCUT2D eigenvalue weighted by atomic mass is 19.4. The van der Waals surface area contributed by atoms with E-state index >= 15 is 0 Å². The SMILES string of the molecule is O=C(N1CCN(c2cc(C(F)(F)F)c#cc2C(F)(F)F)CC1)[C@]1(C(F)(F)F)C[C@H]1c1ccc(C(F)(F)F)cc1. The molecule has 0 spiro atoms. The van der Waals surface area contributed by atoms with E-state index in [0.717, 1.165) is 21.9 Å². The van der Waals surface area contributed by atoms with Crippen molar-refractivity contribution in [3.63, 3.8) is 0 Å². The zero-order valence-electron chi connectivity index (χ0n) is 19.3. The Morgan fingerprint density at radius 1 is 0.769 bits per heavy atom. The lowest BCUT2D eigenvalue weighted by Crippen LogP contribution is -2.53. The average molecular weight is 576 g/mol. The quantitative estimate of drug-likeness (QED) is 0.379. The first-order valence-electron chi connectivity index (χ1n) is 11.2. The van der Waals surface area contributed by atoms with Crippen LogP contribution in [0.3, 0.4) is 0 Å². The zero-order valence-corrected chi connectivity index (χ0v) is 19.3. The molecule has 1 aliphatic carbocycles. The topological polar surface area (TPSA) is 23.6 Å². The molecule has 2 aromatic rings. The minimum atomic E-state index is -5.11. The summed E-state index contributed by atoms with van der Waals surface area (Å²) in [6.07, 6.45) is -20.7. The van der Waals surface area contributed by atoms with Crippen LogP contribution in [0.2, 0.25) is 0 Å². The first-order chi connectivity index (χ1) is 17.8. The van der Waals surface area contributed by atoms with E-state index in [2.05, 4.69) is 0 Å². The van der Waals surface area contributed by atoms with Gasteiger partial charge in [-0.2, -0.15) is 52.7 Å². The van der Waals surface area contributed by atoms with Gasteiger partial charge in [-0.05, 0) is 30.2 Å². The molecular weight excluding hydrogens is 560 g/mol. The molecule has 0 N–H and O–H groups in total. The number of nitrogens with zero attached hydrogens (tertiary/aromatic N) is 2. The van der Waals surface area contributed by atoms with Crippen LogP contribution in [0.25, 0.3) is 0 Å². The number of halogens is 12. The minimum absolute atomic E-state index is 0.141. The van der Waals surface area contributed by atoms with Crippen LogP contribution in [-0.2, 0) is 23.3 Å². The average Bonchev–Trinajstić information content (AvgIpc) is 3.59. The molecule has 2 aromatic carbocycles. The van der Waals surface area contributed by atoms with Crippen LogP contribution >= 0.6 is 0 Å². The maximum absolute atomic E-state index is 14.1. The molecule has 1 saturated carbocycles. The molecule has 1 saturated heterocycles. The Hall–Kier alpha value is -3.31. The lowest BCUT2D eigenvalue weighted by Gasteiger charge is -2.39. The molecule has 0 unspecified atom stereocenters. The highest BCUT2D eigenvalue weighted by Crippen LogP contribution is 2.68. The van der Waals surface area contributed by atoms with Gasteiger partial charge in [-0.3, -0.25) is 4.79 Å². The van der Waals surface area contributed by atoms with Gasteiger partial charge in [0.15, 0.2) is 5.41 Å². The summed E-state index contributed by atoms with van der Waals surface area (Å²) in [5.41, 5.74) is -8.15. The Kier molecular flexibility index (Phi) is 6.71. The molecule has 0 radical (unpaired) electrons. The number of hydrogen-bond acceptors (Lipinski definition) is 2. The molecular formula is C24H16F12N2O. The van der Waals surface area contributed by atoms with Crippen LogP contribution in [0.4, 0.5) is 58.4 Å². The van der Waals surface area contributed by atoms with Crippen molar-refractivity contribution in [3.8, 4) is 0 Å². The lowest BCUT2D eigenvalue weighted by atomic mass is 9.95. The minimum Gasteiger partial charge on any atom is -0.367 e. The zero-order chi connectivity index (χ0) is 29.2. The van der Waals surface area contributed by atoms with E-state index in [1.807, 2.05) is 0 Å². The fraction of sp³-hybridized carbons (Fsp3) is 0.458. The van der Waals surface area contributed by atoms with E-state index < -0.39 is 96.9 Å². The van der Waals surface area contributed by atoms with E-state index in [1.54, 1.807) is 0 Å². The Labute approximate surface area is 213 Å². The molecule has 1 aliphatic heterocycles. The third-order valence-corrected chi connectivity index (χ3v) is 6.84. The second-order valence-corrected chi connectivity index (χ2v) is 9.19. The van der Waals surface area contributed by atoms with Crippen molar-refractivity contribution < 1.29 is 57.5 Å². The summed E-state index contributed by atoms with van der Waals surface area (Å²) in [6.45, 7) is -2.09. The molecule has 2 atom stereocenters. The van der Waals surface area contributed by atoms with Gasteiger partial charge in [-0.15, -0.1) is 0 Å². The second kappa shape index (κ2) is 9.12. The maximum Gasteiger partial charge on any atom is 0.426 e. The number of piperazine rings is 1. The summed E-state index contributed by atoms with van der Waals surface area (Å²) in [5.74, 6) is -2.88. The predicted octanol–water partition coefficient (Wildman–Crippen LogP) is 6.73. The monoisotopic (exact) mass is 576 g/mol. The van der Waals surface area contributed by atoms with E-state index in [0.29, 0.717) is 12.1 Å². The summed E-state index contributed by atoms with van der Waals surface area (Å²) in [5, 5.41) is 0. The van der Waals surface area contributed by atoms with E-state index in [9.17, 15) is 57.5 Å². The van der Waals surface area contributed by atoms with E-state index in [1.165, 1.54) is 12.1 Å². The molecule has 15 heteroatoms. The maximum atomic E-state index is 14.1. The number of amides is 1. The van der Waals surface area contributed by atoms with Crippen LogP contribution in [0.5, 0.6) is 0 Å². The number of rotatable bonds is 3. The predicted molar refractivity (Wildman–Crippen MR) is 110 cm³/mol. The van der Waals surface area contributed by atoms with Gasteiger partial charge in [-0.1, -0.05) is 24.3 Å². The molecule has 4 rings (SSSR count). The lowest BCUT2D eigenvalue weighted by molar-refractivity contribution is -0.200. The van der Waals surface area contributed by atoms with Crippen LogP contribution < -0.4 is 4.90 Å². The smallest absolute Gasteiger partial charge is 0.367 e. The molecule has 2 fully saturated rings. The molecule has 1 heterocycles.